The van der Waals surface area contributed by atoms with Crippen molar-refractivity contribution in [3.05, 3.63) is 33.9 Å². The summed E-state index contributed by atoms with van der Waals surface area (Å²) in [5.41, 5.74) is -1.20. The third kappa shape index (κ3) is 3.01. The lowest BCUT2D eigenvalue weighted by Gasteiger charge is -2.18. The first kappa shape index (κ1) is 14.2. The minimum atomic E-state index is -1.37. The van der Waals surface area contributed by atoms with E-state index in [1.807, 2.05) is 0 Å². The quantitative estimate of drug-likeness (QED) is 0.619. The maximum atomic E-state index is 13.7. The zero-order chi connectivity index (χ0) is 14.9. The Morgan fingerprint density at radius 3 is 2.65 bits per heavy atom. The van der Waals surface area contributed by atoms with Gasteiger partial charge in [-0.2, -0.15) is 0 Å². The first-order valence-electron chi connectivity index (χ1n) is 6.01. The Kier molecular flexibility index (Phi) is 3.82. The number of anilines is 1. The molecule has 1 aliphatic rings. The van der Waals surface area contributed by atoms with E-state index in [2.05, 4.69) is 5.32 Å². The molecule has 1 aromatic carbocycles. The van der Waals surface area contributed by atoms with Crippen LogP contribution in [0.1, 0.15) is 19.3 Å². The molecular weight excluding hydrogens is 274 g/mol. The summed E-state index contributed by atoms with van der Waals surface area (Å²) in [6, 6.07) is 0.871. The minimum absolute atomic E-state index is 0.00775. The highest BCUT2D eigenvalue weighted by Gasteiger charge is 2.35. The van der Waals surface area contributed by atoms with Gasteiger partial charge in [0, 0.05) is 12.1 Å². The number of hydrogen-bond acceptors (Lipinski definition) is 4. The summed E-state index contributed by atoms with van der Waals surface area (Å²) >= 11 is 0. The van der Waals surface area contributed by atoms with E-state index < -0.39 is 39.9 Å². The van der Waals surface area contributed by atoms with Crippen molar-refractivity contribution in [2.75, 3.05) is 5.32 Å². The molecule has 2 rings (SSSR count). The van der Waals surface area contributed by atoms with Crippen molar-refractivity contribution in [1.82, 2.24) is 0 Å². The molecule has 1 saturated carbocycles. The molecule has 20 heavy (non-hydrogen) atoms. The van der Waals surface area contributed by atoms with E-state index in [0.717, 1.165) is 18.9 Å². The number of carbonyl (C=O) groups is 1. The fourth-order valence-electron chi connectivity index (χ4n) is 2.04. The Hall–Kier alpha value is -2.25. The molecular formula is C12H12F2N2O4. The van der Waals surface area contributed by atoms with Crippen LogP contribution in [-0.2, 0) is 4.79 Å². The van der Waals surface area contributed by atoms with Gasteiger partial charge < -0.3 is 10.4 Å². The average Bonchev–Trinajstić information content (AvgIpc) is 3.17. The van der Waals surface area contributed by atoms with Crippen molar-refractivity contribution < 1.29 is 23.6 Å². The Bertz CT molecular complexity index is 561. The molecule has 108 valence electrons. The fourth-order valence-corrected chi connectivity index (χ4v) is 2.04. The van der Waals surface area contributed by atoms with Crippen LogP contribution >= 0.6 is 0 Å². The van der Waals surface area contributed by atoms with Gasteiger partial charge in [0.05, 0.1) is 11.3 Å². The van der Waals surface area contributed by atoms with E-state index in [9.17, 15) is 23.7 Å². The van der Waals surface area contributed by atoms with Crippen molar-refractivity contribution in [2.45, 2.75) is 25.3 Å². The van der Waals surface area contributed by atoms with Gasteiger partial charge in [0.15, 0.2) is 17.3 Å². The maximum Gasteiger partial charge on any atom is 0.305 e. The van der Waals surface area contributed by atoms with Gasteiger partial charge in [0.1, 0.15) is 0 Å². The lowest BCUT2D eigenvalue weighted by Crippen LogP contribution is -2.26. The molecule has 0 aromatic heterocycles. The van der Waals surface area contributed by atoms with Crippen LogP contribution < -0.4 is 5.32 Å². The van der Waals surface area contributed by atoms with Gasteiger partial charge in [-0.15, -0.1) is 0 Å². The number of carboxylic acid groups (broad SMARTS) is 1. The molecule has 0 spiro atoms. The predicted molar refractivity (Wildman–Crippen MR) is 65.4 cm³/mol. The van der Waals surface area contributed by atoms with Gasteiger partial charge in [0.25, 0.3) is 5.69 Å². The summed E-state index contributed by atoms with van der Waals surface area (Å²) in [5, 5.41) is 22.1. The van der Waals surface area contributed by atoms with E-state index in [1.54, 1.807) is 0 Å². The highest BCUT2D eigenvalue weighted by molar-refractivity contribution is 5.70. The zero-order valence-corrected chi connectivity index (χ0v) is 10.3. The molecule has 1 aliphatic carbocycles. The van der Waals surface area contributed by atoms with Gasteiger partial charge in [0.2, 0.25) is 0 Å². The zero-order valence-electron chi connectivity index (χ0n) is 10.3. The Balaban J connectivity index is 2.32. The largest absolute Gasteiger partial charge is 0.481 e. The van der Waals surface area contributed by atoms with E-state index in [0.29, 0.717) is 6.07 Å². The van der Waals surface area contributed by atoms with E-state index in [1.165, 1.54) is 0 Å². The first-order chi connectivity index (χ1) is 9.40. The summed E-state index contributed by atoms with van der Waals surface area (Å²) in [7, 11) is 0. The van der Waals surface area contributed by atoms with Crippen molar-refractivity contribution in [3.8, 4) is 0 Å². The van der Waals surface area contributed by atoms with Crippen molar-refractivity contribution in [1.29, 1.82) is 0 Å². The second-order valence-electron chi connectivity index (χ2n) is 4.70. The number of nitrogens with zero attached hydrogens (tertiary/aromatic N) is 1. The van der Waals surface area contributed by atoms with Gasteiger partial charge in [-0.25, -0.2) is 8.78 Å². The van der Waals surface area contributed by atoms with E-state index in [-0.39, 0.29) is 12.3 Å². The normalized spacial score (nSPS) is 15.7. The number of benzene rings is 1. The monoisotopic (exact) mass is 286 g/mol. The van der Waals surface area contributed by atoms with Crippen LogP contribution in [0.2, 0.25) is 0 Å². The predicted octanol–water partition coefficient (Wildman–Crippen LogP) is 2.54. The molecule has 0 radical (unpaired) electrons. The third-order valence-corrected chi connectivity index (χ3v) is 3.18. The number of halogens is 2. The maximum absolute atomic E-state index is 13.7. The van der Waals surface area contributed by atoms with Crippen molar-refractivity contribution in [2.24, 2.45) is 5.92 Å². The molecule has 2 N–H and O–H groups in total. The lowest BCUT2D eigenvalue weighted by atomic mass is 10.1. The van der Waals surface area contributed by atoms with Gasteiger partial charge in [-0.1, -0.05) is 0 Å². The molecule has 0 bridgehead atoms. The molecule has 1 atom stereocenters. The second kappa shape index (κ2) is 5.40. The van der Waals surface area contributed by atoms with E-state index in [4.69, 9.17) is 5.11 Å². The first-order valence-corrected chi connectivity index (χ1v) is 6.01. The molecule has 1 aromatic rings. The van der Waals surface area contributed by atoms with E-state index >= 15 is 0 Å². The number of nitro groups is 1. The summed E-state index contributed by atoms with van der Waals surface area (Å²) in [6.45, 7) is 0. The van der Waals surface area contributed by atoms with Crippen LogP contribution in [0.5, 0.6) is 0 Å². The number of nitrogens with one attached hydrogen (secondary N) is 1. The Morgan fingerprint density at radius 1 is 1.50 bits per heavy atom. The smallest absolute Gasteiger partial charge is 0.305 e. The molecule has 1 unspecified atom stereocenters. The second-order valence-corrected chi connectivity index (χ2v) is 4.70. The third-order valence-electron chi connectivity index (χ3n) is 3.18. The minimum Gasteiger partial charge on any atom is -0.481 e. The molecule has 0 amide bonds. The summed E-state index contributed by atoms with van der Waals surface area (Å²) in [4.78, 5) is 20.8. The average molecular weight is 286 g/mol. The molecule has 8 heteroatoms. The van der Waals surface area contributed by atoms with Crippen LogP contribution in [0.3, 0.4) is 0 Å². The van der Waals surface area contributed by atoms with Crippen LogP contribution in [-0.4, -0.2) is 22.0 Å². The topological polar surface area (TPSA) is 92.5 Å². The number of carboxylic acids is 1. The van der Waals surface area contributed by atoms with Gasteiger partial charge >= 0.3 is 5.97 Å². The van der Waals surface area contributed by atoms with Crippen LogP contribution in [0, 0.1) is 27.7 Å². The SMILES string of the molecule is O=C(O)CC(Nc1c([N+](=O)[O-])ccc(F)c1F)C1CC1. The highest BCUT2D eigenvalue weighted by atomic mass is 19.2. The summed E-state index contributed by atoms with van der Waals surface area (Å²) < 4.78 is 26.9. The van der Waals surface area contributed by atoms with Crippen LogP contribution in [0.15, 0.2) is 12.1 Å². The lowest BCUT2D eigenvalue weighted by molar-refractivity contribution is -0.384. The molecule has 6 nitrogen and oxygen atoms in total. The van der Waals surface area contributed by atoms with Crippen LogP contribution in [0.4, 0.5) is 20.2 Å². The number of rotatable bonds is 6. The molecule has 0 aliphatic heterocycles. The Morgan fingerprint density at radius 2 is 2.15 bits per heavy atom. The van der Waals surface area contributed by atoms with Crippen molar-refractivity contribution in [3.63, 3.8) is 0 Å². The number of hydrogen-bond donors (Lipinski definition) is 2. The van der Waals surface area contributed by atoms with Gasteiger partial charge in [-0.3, -0.25) is 14.9 Å². The molecule has 0 saturated heterocycles. The summed E-state index contributed by atoms with van der Waals surface area (Å²) in [5.74, 6) is -3.68. The van der Waals surface area contributed by atoms with Crippen LogP contribution in [0.25, 0.3) is 0 Å². The van der Waals surface area contributed by atoms with Crippen molar-refractivity contribution >= 4 is 17.3 Å². The standard InChI is InChI=1S/C12H12F2N2O4/c13-7-3-4-9(16(19)20)12(11(7)14)15-8(5-10(17)18)6-1-2-6/h3-4,6,8,15H,1-2,5H2,(H,17,18). The van der Waals surface area contributed by atoms with Gasteiger partial charge in [-0.05, 0) is 24.8 Å². The summed E-state index contributed by atoms with van der Waals surface area (Å²) in [6.07, 6.45) is 1.21. The fraction of sp³-hybridized carbons (Fsp3) is 0.417. The number of aliphatic carboxylic acids is 1. The molecule has 1 fully saturated rings. The Labute approximate surface area is 112 Å². The molecule has 0 heterocycles. The highest BCUT2D eigenvalue weighted by Crippen LogP contribution is 2.38. The number of nitro benzene ring substituents is 1.